The van der Waals surface area contributed by atoms with Gasteiger partial charge in [0.25, 0.3) is 10.0 Å². The first-order valence-corrected chi connectivity index (χ1v) is 7.95. The Bertz CT molecular complexity index is 1010. The van der Waals surface area contributed by atoms with Crippen LogP contribution in [0, 0.1) is 18.3 Å². The zero-order valence-corrected chi connectivity index (χ0v) is 12.5. The Labute approximate surface area is 127 Å². The molecule has 1 aromatic heterocycles. The van der Waals surface area contributed by atoms with Gasteiger partial charge >= 0.3 is 0 Å². The van der Waals surface area contributed by atoms with E-state index in [1.54, 1.807) is 42.5 Å². The molecule has 22 heavy (non-hydrogen) atoms. The van der Waals surface area contributed by atoms with E-state index >= 15 is 0 Å². The lowest BCUT2D eigenvalue weighted by Gasteiger charge is -2.08. The lowest BCUT2D eigenvalue weighted by Crippen LogP contribution is -2.14. The maximum absolute atomic E-state index is 12.9. The van der Waals surface area contributed by atoms with Crippen molar-refractivity contribution in [3.8, 4) is 11.8 Å². The Morgan fingerprint density at radius 3 is 2.36 bits per heavy atom. The molecule has 1 N–H and O–H groups in total. The van der Waals surface area contributed by atoms with Gasteiger partial charge in [0.1, 0.15) is 6.07 Å². The Hall–Kier alpha value is -2.78. The van der Waals surface area contributed by atoms with Gasteiger partial charge in [-0.3, -0.25) is 0 Å². The smallest absolute Gasteiger partial charge is 0.269 e. The van der Waals surface area contributed by atoms with E-state index in [1.807, 2.05) is 6.92 Å². The highest BCUT2D eigenvalue weighted by atomic mass is 32.2. The van der Waals surface area contributed by atoms with Gasteiger partial charge in [0.15, 0.2) is 11.4 Å². The summed E-state index contributed by atoms with van der Waals surface area (Å²) in [4.78, 5) is 0.0651. The molecule has 0 bridgehead atoms. The van der Waals surface area contributed by atoms with Gasteiger partial charge in [-0.2, -0.15) is 5.26 Å². The second-order valence-corrected chi connectivity index (χ2v) is 6.70. The number of aryl methyl sites for hydroxylation is 1. The Morgan fingerprint density at radius 1 is 1.09 bits per heavy atom. The molecule has 0 spiro atoms. The minimum atomic E-state index is -3.97. The van der Waals surface area contributed by atoms with E-state index < -0.39 is 10.0 Å². The van der Waals surface area contributed by atoms with Crippen LogP contribution in [-0.2, 0) is 10.0 Å². The quantitative estimate of drug-likeness (QED) is 0.788. The first kappa shape index (κ1) is 14.2. The highest BCUT2D eigenvalue weighted by Crippen LogP contribution is 2.34. The normalized spacial score (nSPS) is 11.5. The van der Waals surface area contributed by atoms with Crippen LogP contribution in [0.25, 0.3) is 10.9 Å². The molecule has 0 unspecified atom stereocenters. The fourth-order valence-corrected chi connectivity index (χ4v) is 3.84. The van der Waals surface area contributed by atoms with Crippen molar-refractivity contribution in [1.82, 2.24) is 3.97 Å². The molecule has 110 valence electrons. The molecule has 1 heterocycles. The first-order chi connectivity index (χ1) is 10.5. The topological polar surface area (TPSA) is 83.1 Å². The van der Waals surface area contributed by atoms with Crippen molar-refractivity contribution < 1.29 is 13.5 Å². The van der Waals surface area contributed by atoms with Crippen LogP contribution in [0.15, 0.2) is 53.4 Å². The molecular formula is C16H12N2O3S. The zero-order valence-electron chi connectivity index (χ0n) is 11.7. The summed E-state index contributed by atoms with van der Waals surface area (Å²) in [6.07, 6.45) is 0. The Kier molecular flexibility index (Phi) is 3.15. The molecule has 0 aliphatic heterocycles. The van der Waals surface area contributed by atoms with Crippen molar-refractivity contribution >= 4 is 20.9 Å². The fourth-order valence-electron chi connectivity index (χ4n) is 2.36. The van der Waals surface area contributed by atoms with Crippen molar-refractivity contribution in [2.75, 3.05) is 0 Å². The minimum Gasteiger partial charge on any atom is -0.504 e. The van der Waals surface area contributed by atoms with E-state index in [4.69, 9.17) is 0 Å². The molecule has 0 atom stereocenters. The number of fused-ring (bicyclic) bond motifs is 1. The third-order valence-electron chi connectivity index (χ3n) is 3.47. The van der Waals surface area contributed by atoms with Crippen molar-refractivity contribution in [1.29, 1.82) is 5.26 Å². The van der Waals surface area contributed by atoms with Crippen LogP contribution in [0.5, 0.6) is 5.75 Å². The van der Waals surface area contributed by atoms with Gasteiger partial charge < -0.3 is 5.11 Å². The van der Waals surface area contributed by atoms with Crippen molar-refractivity contribution in [3.63, 3.8) is 0 Å². The van der Waals surface area contributed by atoms with Gasteiger partial charge in [-0.05, 0) is 31.2 Å². The molecule has 6 heteroatoms. The first-order valence-electron chi connectivity index (χ1n) is 6.51. The fraction of sp³-hybridized carbons (Fsp3) is 0.0625. The summed E-state index contributed by atoms with van der Waals surface area (Å²) in [6.45, 7) is 1.86. The minimum absolute atomic E-state index is 0.0651. The second kappa shape index (κ2) is 4.90. The number of para-hydroxylation sites is 1. The average molecular weight is 312 g/mol. The predicted molar refractivity (Wildman–Crippen MR) is 82.1 cm³/mol. The van der Waals surface area contributed by atoms with E-state index in [-0.39, 0.29) is 21.9 Å². The maximum Gasteiger partial charge on any atom is 0.269 e. The van der Waals surface area contributed by atoms with Gasteiger partial charge in [-0.1, -0.05) is 29.8 Å². The summed E-state index contributed by atoms with van der Waals surface area (Å²) in [5, 5.41) is 19.7. The molecular weight excluding hydrogens is 300 g/mol. The highest BCUT2D eigenvalue weighted by Gasteiger charge is 2.26. The Balaban J connectivity index is 2.39. The van der Waals surface area contributed by atoms with Crippen molar-refractivity contribution in [2.45, 2.75) is 11.8 Å². The SMILES string of the molecule is Cc1ccc(S(=O)(=O)n2c(C#N)c(O)c3ccccc32)cc1. The lowest BCUT2D eigenvalue weighted by atomic mass is 10.2. The van der Waals surface area contributed by atoms with Crippen LogP contribution in [0.2, 0.25) is 0 Å². The molecule has 3 aromatic rings. The van der Waals surface area contributed by atoms with E-state index in [0.29, 0.717) is 5.39 Å². The molecule has 0 aliphatic carbocycles. The van der Waals surface area contributed by atoms with E-state index in [0.717, 1.165) is 9.54 Å². The summed E-state index contributed by atoms with van der Waals surface area (Å²) in [7, 11) is -3.97. The number of aromatic hydroxyl groups is 1. The molecule has 0 aliphatic rings. The van der Waals surface area contributed by atoms with Crippen LogP contribution in [-0.4, -0.2) is 17.5 Å². The summed E-state index contributed by atoms with van der Waals surface area (Å²) in [5.41, 5.74) is 0.915. The molecule has 0 saturated carbocycles. The number of nitrogens with zero attached hydrogens (tertiary/aromatic N) is 2. The van der Waals surface area contributed by atoms with Crippen LogP contribution >= 0.6 is 0 Å². The summed E-state index contributed by atoms with van der Waals surface area (Å²) < 4.78 is 26.6. The summed E-state index contributed by atoms with van der Waals surface area (Å²) >= 11 is 0. The van der Waals surface area contributed by atoms with Crippen LogP contribution in [0.4, 0.5) is 0 Å². The molecule has 5 nitrogen and oxygen atoms in total. The number of aromatic nitrogens is 1. The van der Waals surface area contributed by atoms with Crippen molar-refractivity contribution in [3.05, 3.63) is 59.8 Å². The van der Waals surface area contributed by atoms with E-state index in [2.05, 4.69) is 0 Å². The third-order valence-corrected chi connectivity index (χ3v) is 5.20. The van der Waals surface area contributed by atoms with Crippen LogP contribution in [0.3, 0.4) is 0 Å². The lowest BCUT2D eigenvalue weighted by molar-refractivity contribution is 0.478. The maximum atomic E-state index is 12.9. The largest absolute Gasteiger partial charge is 0.504 e. The number of hydrogen-bond donors (Lipinski definition) is 1. The number of rotatable bonds is 2. The second-order valence-electron chi connectivity index (χ2n) is 4.91. The van der Waals surface area contributed by atoms with Crippen LogP contribution < -0.4 is 0 Å². The van der Waals surface area contributed by atoms with Crippen LogP contribution in [0.1, 0.15) is 11.3 Å². The van der Waals surface area contributed by atoms with E-state index in [1.165, 1.54) is 12.1 Å². The number of hydrogen-bond acceptors (Lipinski definition) is 4. The third kappa shape index (κ3) is 1.95. The van der Waals surface area contributed by atoms with Gasteiger partial charge in [0, 0.05) is 5.39 Å². The summed E-state index contributed by atoms with van der Waals surface area (Å²) in [5.74, 6) is -0.325. The summed E-state index contributed by atoms with van der Waals surface area (Å²) in [6, 6.07) is 14.6. The van der Waals surface area contributed by atoms with Gasteiger partial charge in [-0.15, -0.1) is 0 Å². The monoisotopic (exact) mass is 312 g/mol. The molecule has 3 rings (SSSR count). The predicted octanol–water partition coefficient (Wildman–Crippen LogP) is 2.76. The van der Waals surface area contributed by atoms with Gasteiger partial charge in [-0.25, -0.2) is 12.4 Å². The molecule has 0 fully saturated rings. The highest BCUT2D eigenvalue weighted by molar-refractivity contribution is 7.90. The zero-order chi connectivity index (χ0) is 15.9. The number of benzene rings is 2. The van der Waals surface area contributed by atoms with E-state index in [9.17, 15) is 18.8 Å². The standard InChI is InChI=1S/C16H12N2O3S/c1-11-6-8-12(9-7-11)22(20,21)18-14-5-3-2-4-13(14)16(19)15(18)10-17/h2-9,19H,1H3. The average Bonchev–Trinajstić information content (AvgIpc) is 2.81. The van der Waals surface area contributed by atoms with Crippen molar-refractivity contribution in [2.24, 2.45) is 0 Å². The molecule has 0 saturated heterocycles. The molecule has 0 radical (unpaired) electrons. The number of nitriles is 1. The molecule has 0 amide bonds. The van der Waals surface area contributed by atoms with Gasteiger partial charge in [0.05, 0.1) is 10.4 Å². The molecule has 2 aromatic carbocycles. The Morgan fingerprint density at radius 2 is 1.73 bits per heavy atom. The van der Waals surface area contributed by atoms with Gasteiger partial charge in [0.2, 0.25) is 0 Å².